The lowest BCUT2D eigenvalue weighted by atomic mass is 9.77. The fourth-order valence-electron chi connectivity index (χ4n) is 3.08. The van der Waals surface area contributed by atoms with Crippen molar-refractivity contribution in [2.24, 2.45) is 5.73 Å². The van der Waals surface area contributed by atoms with Gasteiger partial charge in [0.2, 0.25) is 0 Å². The van der Waals surface area contributed by atoms with Crippen molar-refractivity contribution in [1.82, 2.24) is 0 Å². The summed E-state index contributed by atoms with van der Waals surface area (Å²) in [5, 5.41) is 0. The van der Waals surface area contributed by atoms with Crippen molar-refractivity contribution >= 4 is 11.8 Å². The summed E-state index contributed by atoms with van der Waals surface area (Å²) >= 11 is 1.80. The van der Waals surface area contributed by atoms with Crippen molar-refractivity contribution < 1.29 is 4.74 Å². The van der Waals surface area contributed by atoms with Crippen LogP contribution in [0, 0.1) is 0 Å². The molecule has 106 valence electrons. The third kappa shape index (κ3) is 2.92. The average molecular weight is 279 g/mol. The molecule has 0 heterocycles. The Labute approximate surface area is 121 Å². The van der Waals surface area contributed by atoms with Crippen molar-refractivity contribution in [2.45, 2.75) is 55.9 Å². The number of nitrogens with two attached hydrogens (primary N) is 1. The smallest absolute Gasteiger partial charge is 0.122 e. The van der Waals surface area contributed by atoms with Gasteiger partial charge in [-0.3, -0.25) is 0 Å². The first-order chi connectivity index (χ1) is 9.14. The van der Waals surface area contributed by atoms with E-state index in [1.807, 2.05) is 0 Å². The van der Waals surface area contributed by atoms with Gasteiger partial charge in [0, 0.05) is 10.4 Å². The van der Waals surface area contributed by atoms with E-state index in [-0.39, 0.29) is 5.54 Å². The van der Waals surface area contributed by atoms with Crippen LogP contribution in [0.5, 0.6) is 5.75 Å². The van der Waals surface area contributed by atoms with Gasteiger partial charge in [-0.25, -0.2) is 0 Å². The van der Waals surface area contributed by atoms with E-state index >= 15 is 0 Å². The largest absolute Gasteiger partial charge is 0.496 e. The van der Waals surface area contributed by atoms with Gasteiger partial charge in [-0.15, -0.1) is 11.8 Å². The van der Waals surface area contributed by atoms with Crippen molar-refractivity contribution in [1.29, 1.82) is 0 Å². The Balaban J connectivity index is 2.48. The molecule has 1 saturated carbocycles. The molecule has 2 N–H and O–H groups in total. The molecule has 0 aromatic heterocycles. The molecule has 0 radical (unpaired) electrons. The second kappa shape index (κ2) is 6.19. The zero-order valence-electron chi connectivity index (χ0n) is 12.3. The van der Waals surface area contributed by atoms with Gasteiger partial charge in [-0.2, -0.15) is 0 Å². The van der Waals surface area contributed by atoms with E-state index in [1.54, 1.807) is 18.9 Å². The van der Waals surface area contributed by atoms with E-state index in [4.69, 9.17) is 10.5 Å². The molecule has 0 bridgehead atoms. The van der Waals surface area contributed by atoms with Gasteiger partial charge >= 0.3 is 0 Å². The number of ether oxygens (including phenoxy) is 1. The third-order valence-corrected chi connectivity index (χ3v) is 5.04. The molecule has 1 aliphatic carbocycles. The fourth-order valence-corrected chi connectivity index (χ4v) is 3.82. The van der Waals surface area contributed by atoms with E-state index in [9.17, 15) is 0 Å². The highest BCUT2D eigenvalue weighted by atomic mass is 32.2. The van der Waals surface area contributed by atoms with Gasteiger partial charge in [0.25, 0.3) is 0 Å². The van der Waals surface area contributed by atoms with Crippen LogP contribution in [0.15, 0.2) is 17.0 Å². The molecule has 0 amide bonds. The normalized spacial score (nSPS) is 18.3. The predicted octanol–water partition coefficient (Wildman–Crippen LogP) is 4.10. The number of hydrogen-bond acceptors (Lipinski definition) is 3. The summed E-state index contributed by atoms with van der Waals surface area (Å²) in [5.74, 6) is 0.991. The number of methoxy groups -OCH3 is 1. The van der Waals surface area contributed by atoms with E-state index in [1.165, 1.54) is 35.3 Å². The molecule has 1 aromatic carbocycles. The Morgan fingerprint density at radius 2 is 1.95 bits per heavy atom. The van der Waals surface area contributed by atoms with Crippen LogP contribution in [0.3, 0.4) is 0 Å². The van der Waals surface area contributed by atoms with Crippen LogP contribution in [-0.4, -0.2) is 13.4 Å². The van der Waals surface area contributed by atoms with Gasteiger partial charge < -0.3 is 10.5 Å². The zero-order chi connectivity index (χ0) is 13.9. The summed E-state index contributed by atoms with van der Waals surface area (Å²) in [6, 6.07) is 4.46. The van der Waals surface area contributed by atoms with Crippen LogP contribution in [0.2, 0.25) is 0 Å². The maximum absolute atomic E-state index is 6.70. The number of hydrogen-bond donors (Lipinski definition) is 1. The van der Waals surface area contributed by atoms with Gasteiger partial charge in [-0.1, -0.05) is 26.2 Å². The molecular weight excluding hydrogens is 254 g/mol. The first-order valence-corrected chi connectivity index (χ1v) is 8.41. The second-order valence-corrected chi connectivity index (χ2v) is 6.28. The second-order valence-electron chi connectivity index (χ2n) is 5.43. The maximum atomic E-state index is 6.70. The molecule has 0 saturated heterocycles. The molecule has 1 aromatic rings. The number of thioether (sulfide) groups is 1. The number of benzene rings is 1. The standard InChI is InChI=1S/C16H25NOS/c1-4-12-10-15(19-3)13(11-14(12)18-2)16(17)8-6-5-7-9-16/h10-11H,4-9,17H2,1-3H3. The minimum Gasteiger partial charge on any atom is -0.496 e. The lowest BCUT2D eigenvalue weighted by Crippen LogP contribution is -2.39. The quantitative estimate of drug-likeness (QED) is 0.843. The topological polar surface area (TPSA) is 35.2 Å². The van der Waals surface area contributed by atoms with Crippen molar-refractivity contribution in [2.75, 3.05) is 13.4 Å². The fraction of sp³-hybridized carbons (Fsp3) is 0.625. The summed E-state index contributed by atoms with van der Waals surface area (Å²) < 4.78 is 5.55. The molecule has 0 unspecified atom stereocenters. The van der Waals surface area contributed by atoms with Crippen LogP contribution >= 0.6 is 11.8 Å². The average Bonchev–Trinajstić information content (AvgIpc) is 2.46. The highest BCUT2D eigenvalue weighted by Crippen LogP contribution is 2.41. The van der Waals surface area contributed by atoms with Crippen molar-refractivity contribution in [3.63, 3.8) is 0 Å². The molecule has 0 atom stereocenters. The Bertz CT molecular complexity index is 439. The summed E-state index contributed by atoms with van der Waals surface area (Å²) in [6.07, 6.45) is 9.11. The van der Waals surface area contributed by atoms with E-state index in [0.717, 1.165) is 25.0 Å². The summed E-state index contributed by atoms with van der Waals surface area (Å²) in [7, 11) is 1.75. The highest BCUT2D eigenvalue weighted by Gasteiger charge is 2.32. The Kier molecular flexibility index (Phi) is 4.80. The highest BCUT2D eigenvalue weighted by molar-refractivity contribution is 7.98. The van der Waals surface area contributed by atoms with Gasteiger partial charge in [0.1, 0.15) is 5.75 Å². The maximum Gasteiger partial charge on any atom is 0.122 e. The van der Waals surface area contributed by atoms with Crippen molar-refractivity contribution in [3.05, 3.63) is 23.3 Å². The zero-order valence-corrected chi connectivity index (χ0v) is 13.1. The van der Waals surface area contributed by atoms with Gasteiger partial charge in [0.15, 0.2) is 0 Å². The molecule has 19 heavy (non-hydrogen) atoms. The lowest BCUT2D eigenvalue weighted by molar-refractivity contribution is 0.296. The Hall–Kier alpha value is -0.670. The lowest BCUT2D eigenvalue weighted by Gasteiger charge is -2.35. The molecule has 0 spiro atoms. The predicted molar refractivity (Wildman–Crippen MR) is 83.1 cm³/mol. The van der Waals surface area contributed by atoms with Crippen LogP contribution < -0.4 is 10.5 Å². The molecule has 2 rings (SSSR count). The van der Waals surface area contributed by atoms with Crippen LogP contribution in [0.4, 0.5) is 0 Å². The first-order valence-electron chi connectivity index (χ1n) is 7.19. The Morgan fingerprint density at radius 3 is 2.47 bits per heavy atom. The van der Waals surface area contributed by atoms with E-state index in [2.05, 4.69) is 25.3 Å². The molecular formula is C16H25NOS. The minimum atomic E-state index is -0.157. The summed E-state index contributed by atoms with van der Waals surface area (Å²) in [4.78, 5) is 1.32. The Morgan fingerprint density at radius 1 is 1.26 bits per heavy atom. The number of rotatable bonds is 4. The molecule has 1 aliphatic rings. The van der Waals surface area contributed by atoms with Gasteiger partial charge in [0.05, 0.1) is 7.11 Å². The van der Waals surface area contributed by atoms with Gasteiger partial charge in [-0.05, 0) is 48.8 Å². The molecule has 3 heteroatoms. The molecule has 0 aliphatic heterocycles. The summed E-state index contributed by atoms with van der Waals surface area (Å²) in [6.45, 7) is 2.17. The molecule has 1 fully saturated rings. The summed E-state index contributed by atoms with van der Waals surface area (Å²) in [5.41, 5.74) is 9.11. The first kappa shape index (κ1) is 14.7. The van der Waals surface area contributed by atoms with Crippen LogP contribution in [0.25, 0.3) is 0 Å². The van der Waals surface area contributed by atoms with Crippen molar-refractivity contribution in [3.8, 4) is 5.75 Å². The van der Waals surface area contributed by atoms with Crippen LogP contribution in [0.1, 0.15) is 50.2 Å². The SMILES string of the molecule is CCc1cc(SC)c(C2(N)CCCCC2)cc1OC. The minimum absolute atomic E-state index is 0.157. The van der Waals surface area contributed by atoms with E-state index < -0.39 is 0 Å². The molecule has 2 nitrogen and oxygen atoms in total. The van der Waals surface area contributed by atoms with Crippen LogP contribution in [-0.2, 0) is 12.0 Å². The monoisotopic (exact) mass is 279 g/mol. The third-order valence-electron chi connectivity index (χ3n) is 4.27. The number of aryl methyl sites for hydroxylation is 1. The van der Waals surface area contributed by atoms with E-state index in [0.29, 0.717) is 0 Å².